The van der Waals surface area contributed by atoms with Gasteiger partial charge >= 0.3 is 0 Å². The predicted octanol–water partition coefficient (Wildman–Crippen LogP) is 1.30. The standard InChI is InChI=1S/C17H27N3O3S/c1-4-17(2,3)18-16(21)14-19-10-12-20(13-11-19)24(22,23)15-8-6-5-7-9-15/h5-9H,4,10-14H2,1-3H3,(H,18,21). The molecule has 0 bridgehead atoms. The highest BCUT2D eigenvalue weighted by atomic mass is 32.2. The number of amides is 1. The van der Waals surface area contributed by atoms with Crippen molar-refractivity contribution in [3.05, 3.63) is 30.3 Å². The molecule has 0 unspecified atom stereocenters. The van der Waals surface area contributed by atoms with Gasteiger partial charge in [0.15, 0.2) is 0 Å². The lowest BCUT2D eigenvalue weighted by Gasteiger charge is -2.34. The maximum Gasteiger partial charge on any atom is 0.243 e. The number of hydrogen-bond donors (Lipinski definition) is 1. The van der Waals surface area contributed by atoms with Gasteiger partial charge in [-0.15, -0.1) is 0 Å². The number of carbonyl (C=O) groups is 1. The third kappa shape index (κ3) is 4.78. The third-order valence-electron chi connectivity index (χ3n) is 4.44. The zero-order valence-corrected chi connectivity index (χ0v) is 15.5. The summed E-state index contributed by atoms with van der Waals surface area (Å²) in [6.07, 6.45) is 0.863. The lowest BCUT2D eigenvalue weighted by molar-refractivity contribution is -0.124. The molecule has 0 aromatic heterocycles. The normalized spacial score (nSPS) is 17.6. The van der Waals surface area contributed by atoms with Crippen LogP contribution in [0.25, 0.3) is 0 Å². The van der Waals surface area contributed by atoms with E-state index < -0.39 is 10.0 Å². The van der Waals surface area contributed by atoms with Crippen LogP contribution in [0, 0.1) is 0 Å². The molecule has 1 aromatic rings. The van der Waals surface area contributed by atoms with Gasteiger partial charge < -0.3 is 5.32 Å². The molecule has 134 valence electrons. The molecule has 1 heterocycles. The van der Waals surface area contributed by atoms with Crippen LogP contribution >= 0.6 is 0 Å². The minimum atomic E-state index is -3.44. The monoisotopic (exact) mass is 353 g/mol. The van der Waals surface area contributed by atoms with Gasteiger partial charge in [-0.2, -0.15) is 4.31 Å². The van der Waals surface area contributed by atoms with Gasteiger partial charge in [0.05, 0.1) is 11.4 Å². The van der Waals surface area contributed by atoms with Gasteiger partial charge in [-0.3, -0.25) is 9.69 Å². The number of rotatable bonds is 6. The topological polar surface area (TPSA) is 69.7 Å². The van der Waals surface area contributed by atoms with Crippen LogP contribution < -0.4 is 5.32 Å². The predicted molar refractivity (Wildman–Crippen MR) is 94.2 cm³/mol. The SMILES string of the molecule is CCC(C)(C)NC(=O)CN1CCN(S(=O)(=O)c2ccccc2)CC1. The first-order chi connectivity index (χ1) is 11.2. The average molecular weight is 353 g/mol. The molecule has 0 saturated carbocycles. The minimum absolute atomic E-state index is 0.0128. The van der Waals surface area contributed by atoms with Crippen LogP contribution in [0.4, 0.5) is 0 Å². The van der Waals surface area contributed by atoms with Gasteiger partial charge in [0, 0.05) is 31.7 Å². The van der Waals surface area contributed by atoms with Gasteiger partial charge in [-0.05, 0) is 32.4 Å². The van der Waals surface area contributed by atoms with Crippen LogP contribution in [0.5, 0.6) is 0 Å². The fourth-order valence-corrected chi connectivity index (χ4v) is 4.02. The van der Waals surface area contributed by atoms with Gasteiger partial charge in [-0.1, -0.05) is 25.1 Å². The van der Waals surface area contributed by atoms with Crippen molar-refractivity contribution in [3.63, 3.8) is 0 Å². The summed E-state index contributed by atoms with van der Waals surface area (Å²) in [7, 11) is -3.44. The molecule has 7 heteroatoms. The molecule has 0 spiro atoms. The zero-order chi connectivity index (χ0) is 17.8. The molecule has 1 aromatic carbocycles. The van der Waals surface area contributed by atoms with E-state index in [4.69, 9.17) is 0 Å². The molecular weight excluding hydrogens is 326 g/mol. The Morgan fingerprint density at radius 1 is 1.12 bits per heavy atom. The number of hydrogen-bond acceptors (Lipinski definition) is 4. The van der Waals surface area contributed by atoms with Crippen molar-refractivity contribution >= 4 is 15.9 Å². The summed E-state index contributed by atoms with van der Waals surface area (Å²) in [5.74, 6) is -0.0128. The quantitative estimate of drug-likeness (QED) is 0.837. The highest BCUT2D eigenvalue weighted by molar-refractivity contribution is 7.89. The van der Waals surface area contributed by atoms with E-state index in [1.807, 2.05) is 25.7 Å². The molecule has 1 fully saturated rings. The number of piperazine rings is 1. The Bertz CT molecular complexity index is 651. The Hall–Kier alpha value is -1.44. The summed E-state index contributed by atoms with van der Waals surface area (Å²) in [6, 6.07) is 8.48. The molecule has 24 heavy (non-hydrogen) atoms. The molecule has 0 radical (unpaired) electrons. The van der Waals surface area contributed by atoms with Crippen LogP contribution in [0.3, 0.4) is 0 Å². The van der Waals surface area contributed by atoms with E-state index in [2.05, 4.69) is 5.32 Å². The van der Waals surface area contributed by atoms with Crippen LogP contribution in [0.1, 0.15) is 27.2 Å². The summed E-state index contributed by atoms with van der Waals surface area (Å²) in [5.41, 5.74) is -0.213. The lowest BCUT2D eigenvalue weighted by Crippen LogP contribution is -2.53. The Labute approximate surface area is 144 Å². The summed E-state index contributed by atoms with van der Waals surface area (Å²) in [6.45, 7) is 8.27. The van der Waals surface area contributed by atoms with Crippen LogP contribution in [-0.4, -0.2) is 61.8 Å². The summed E-state index contributed by atoms with van der Waals surface area (Å²) in [4.78, 5) is 14.4. The summed E-state index contributed by atoms with van der Waals surface area (Å²) >= 11 is 0. The second kappa shape index (κ2) is 7.63. The van der Waals surface area contributed by atoms with E-state index in [9.17, 15) is 13.2 Å². The first-order valence-corrected chi connectivity index (χ1v) is 9.77. The Balaban J connectivity index is 1.89. The molecule has 1 amide bonds. The van der Waals surface area contributed by atoms with Gasteiger partial charge in [0.1, 0.15) is 0 Å². The van der Waals surface area contributed by atoms with E-state index in [-0.39, 0.29) is 11.4 Å². The number of carbonyl (C=O) groups excluding carboxylic acids is 1. The Kier molecular flexibility index (Phi) is 6.01. The van der Waals surface area contributed by atoms with Crippen molar-refractivity contribution in [2.45, 2.75) is 37.6 Å². The second-order valence-electron chi connectivity index (χ2n) is 6.78. The fraction of sp³-hybridized carbons (Fsp3) is 0.588. The largest absolute Gasteiger partial charge is 0.350 e. The maximum absolute atomic E-state index is 12.6. The van der Waals surface area contributed by atoms with Crippen LogP contribution in [0.15, 0.2) is 35.2 Å². The van der Waals surface area contributed by atoms with E-state index in [1.165, 1.54) is 4.31 Å². The fourth-order valence-electron chi connectivity index (χ4n) is 2.58. The number of sulfonamides is 1. The maximum atomic E-state index is 12.6. The van der Waals surface area contributed by atoms with Gasteiger partial charge in [0.2, 0.25) is 15.9 Å². The second-order valence-corrected chi connectivity index (χ2v) is 8.72. The summed E-state index contributed by atoms with van der Waals surface area (Å²) < 4.78 is 26.6. The number of nitrogens with zero attached hydrogens (tertiary/aromatic N) is 2. The smallest absolute Gasteiger partial charge is 0.243 e. The molecule has 1 aliphatic rings. The van der Waals surface area contributed by atoms with Crippen molar-refractivity contribution in [2.24, 2.45) is 0 Å². The van der Waals surface area contributed by atoms with E-state index in [1.54, 1.807) is 30.3 Å². The van der Waals surface area contributed by atoms with Crippen LogP contribution in [0.2, 0.25) is 0 Å². The molecule has 6 nitrogen and oxygen atoms in total. The summed E-state index contributed by atoms with van der Waals surface area (Å²) in [5, 5.41) is 3.01. The molecule has 1 N–H and O–H groups in total. The first-order valence-electron chi connectivity index (χ1n) is 8.33. The molecule has 0 atom stereocenters. The highest BCUT2D eigenvalue weighted by Crippen LogP contribution is 2.17. The van der Waals surface area contributed by atoms with E-state index in [0.717, 1.165) is 6.42 Å². The van der Waals surface area contributed by atoms with Crippen molar-refractivity contribution in [1.29, 1.82) is 0 Å². The van der Waals surface area contributed by atoms with E-state index >= 15 is 0 Å². The first kappa shape index (κ1) is 18.9. The molecule has 0 aliphatic carbocycles. The molecule has 2 rings (SSSR count). The molecule has 1 aliphatic heterocycles. The highest BCUT2D eigenvalue weighted by Gasteiger charge is 2.29. The van der Waals surface area contributed by atoms with Crippen molar-refractivity contribution in [2.75, 3.05) is 32.7 Å². The Morgan fingerprint density at radius 3 is 2.25 bits per heavy atom. The molecule has 1 saturated heterocycles. The van der Waals surface area contributed by atoms with Gasteiger partial charge in [-0.25, -0.2) is 8.42 Å². The number of nitrogens with one attached hydrogen (secondary N) is 1. The Morgan fingerprint density at radius 2 is 1.71 bits per heavy atom. The third-order valence-corrected chi connectivity index (χ3v) is 6.35. The van der Waals surface area contributed by atoms with Gasteiger partial charge in [0.25, 0.3) is 0 Å². The van der Waals surface area contributed by atoms with Crippen molar-refractivity contribution in [3.8, 4) is 0 Å². The van der Waals surface area contributed by atoms with Crippen LogP contribution in [-0.2, 0) is 14.8 Å². The van der Waals surface area contributed by atoms with Crippen molar-refractivity contribution < 1.29 is 13.2 Å². The minimum Gasteiger partial charge on any atom is -0.350 e. The molecular formula is C17H27N3O3S. The zero-order valence-electron chi connectivity index (χ0n) is 14.7. The van der Waals surface area contributed by atoms with E-state index in [0.29, 0.717) is 37.6 Å². The number of benzene rings is 1. The average Bonchev–Trinajstić information content (AvgIpc) is 2.55. The van der Waals surface area contributed by atoms with Crippen molar-refractivity contribution in [1.82, 2.24) is 14.5 Å². The lowest BCUT2D eigenvalue weighted by atomic mass is 10.0.